The van der Waals surface area contributed by atoms with Crippen molar-refractivity contribution in [3.63, 3.8) is 0 Å². The van der Waals surface area contributed by atoms with Gasteiger partial charge in [-0.1, -0.05) is 35.5 Å². The number of halogens is 2. The van der Waals surface area contributed by atoms with Crippen molar-refractivity contribution in [2.45, 2.75) is 10.9 Å². The van der Waals surface area contributed by atoms with Crippen molar-refractivity contribution in [3.8, 4) is 5.69 Å². The Morgan fingerprint density at radius 1 is 0.967 bits per heavy atom. The number of para-hydroxylation sites is 1. The fraction of sp³-hybridized carbons (Fsp3) is 0.0455. The lowest BCUT2D eigenvalue weighted by atomic mass is 10.2. The Bertz CT molecular complexity index is 1450. The summed E-state index contributed by atoms with van der Waals surface area (Å²) in [6, 6.07) is 16.6. The van der Waals surface area contributed by atoms with Gasteiger partial charge >= 0.3 is 0 Å². The van der Waals surface area contributed by atoms with Crippen LogP contribution in [0.2, 0.25) is 5.02 Å². The third kappa shape index (κ3) is 3.46. The van der Waals surface area contributed by atoms with E-state index in [0.29, 0.717) is 32.5 Å². The molecule has 0 spiro atoms. The fourth-order valence-electron chi connectivity index (χ4n) is 3.25. The molecule has 3 aromatic heterocycles. The van der Waals surface area contributed by atoms with Crippen LogP contribution < -0.4 is 5.56 Å². The van der Waals surface area contributed by atoms with Crippen LogP contribution in [0.4, 0.5) is 4.39 Å². The molecule has 8 heteroatoms. The average molecular weight is 437 g/mol. The number of fused-ring (bicyclic) bond motifs is 2. The third-order valence-corrected chi connectivity index (χ3v) is 5.84. The molecule has 0 aliphatic heterocycles. The predicted molar refractivity (Wildman–Crippen MR) is 117 cm³/mol. The summed E-state index contributed by atoms with van der Waals surface area (Å²) < 4.78 is 16.8. The number of thioether (sulfide) groups is 1. The van der Waals surface area contributed by atoms with Crippen LogP contribution in [0.1, 0.15) is 5.69 Å². The zero-order chi connectivity index (χ0) is 20.7. The lowest BCUT2D eigenvalue weighted by molar-refractivity contribution is 0.627. The zero-order valence-electron chi connectivity index (χ0n) is 15.5. The zero-order valence-corrected chi connectivity index (χ0v) is 17.1. The van der Waals surface area contributed by atoms with Crippen molar-refractivity contribution in [2.75, 3.05) is 0 Å². The summed E-state index contributed by atoms with van der Waals surface area (Å²) in [5.41, 5.74) is 2.60. The van der Waals surface area contributed by atoms with Crippen molar-refractivity contribution < 1.29 is 4.39 Å². The Balaban J connectivity index is 1.58. The molecule has 30 heavy (non-hydrogen) atoms. The summed E-state index contributed by atoms with van der Waals surface area (Å²) >= 11 is 7.44. The highest BCUT2D eigenvalue weighted by Crippen LogP contribution is 2.25. The molecular weight excluding hydrogens is 423 g/mol. The summed E-state index contributed by atoms with van der Waals surface area (Å²) in [6.45, 7) is 0. The van der Waals surface area contributed by atoms with Gasteiger partial charge in [-0.2, -0.15) is 0 Å². The van der Waals surface area contributed by atoms with Crippen LogP contribution in [0.3, 0.4) is 0 Å². The van der Waals surface area contributed by atoms with Gasteiger partial charge in [0.2, 0.25) is 0 Å². The first-order valence-electron chi connectivity index (χ1n) is 9.12. The molecular formula is C22H14ClFN4OS. The number of nitrogens with zero attached hydrogens (tertiary/aromatic N) is 4. The normalized spacial score (nSPS) is 11.4. The van der Waals surface area contributed by atoms with E-state index in [0.717, 1.165) is 11.3 Å². The number of hydrogen-bond donors (Lipinski definition) is 0. The van der Waals surface area contributed by atoms with Gasteiger partial charge in [-0.3, -0.25) is 9.36 Å². The van der Waals surface area contributed by atoms with E-state index in [1.165, 1.54) is 28.5 Å². The van der Waals surface area contributed by atoms with E-state index < -0.39 is 0 Å². The van der Waals surface area contributed by atoms with Crippen LogP contribution >= 0.6 is 23.4 Å². The summed E-state index contributed by atoms with van der Waals surface area (Å²) in [7, 11) is 0. The minimum atomic E-state index is -0.363. The molecule has 0 radical (unpaired) electrons. The second-order valence-electron chi connectivity index (χ2n) is 6.66. The molecule has 0 fully saturated rings. The Labute approximate surface area is 179 Å². The van der Waals surface area contributed by atoms with E-state index in [-0.39, 0.29) is 11.4 Å². The first-order valence-corrected chi connectivity index (χ1v) is 10.5. The number of hydrogen-bond acceptors (Lipinski definition) is 4. The molecule has 0 aliphatic carbocycles. The van der Waals surface area contributed by atoms with Gasteiger partial charge in [-0.15, -0.1) is 0 Å². The van der Waals surface area contributed by atoms with Crippen LogP contribution in [0.5, 0.6) is 0 Å². The van der Waals surface area contributed by atoms with Gasteiger partial charge in [-0.25, -0.2) is 14.4 Å². The van der Waals surface area contributed by atoms with Gasteiger partial charge in [0, 0.05) is 18.1 Å². The second-order valence-corrected chi connectivity index (χ2v) is 8.04. The molecule has 2 aromatic carbocycles. The maximum Gasteiger partial charge on any atom is 0.266 e. The summed E-state index contributed by atoms with van der Waals surface area (Å²) in [6.07, 6.45) is 3.69. The maximum absolute atomic E-state index is 13.4. The smallest absolute Gasteiger partial charge is 0.266 e. The number of rotatable bonds is 4. The van der Waals surface area contributed by atoms with Crippen molar-refractivity contribution in [1.82, 2.24) is 18.9 Å². The SMILES string of the molecule is O=c1c2ccccc2nc(SCc2cn3cc(Cl)ccc3n2)n1-c1ccc(F)cc1. The predicted octanol–water partition coefficient (Wildman–Crippen LogP) is 5.12. The third-order valence-electron chi connectivity index (χ3n) is 4.64. The highest BCUT2D eigenvalue weighted by atomic mass is 35.5. The number of aromatic nitrogens is 4. The minimum Gasteiger partial charge on any atom is -0.305 e. The summed E-state index contributed by atoms with van der Waals surface area (Å²) in [5.74, 6) is 0.142. The topological polar surface area (TPSA) is 52.2 Å². The molecule has 0 bridgehead atoms. The number of imidazole rings is 1. The van der Waals surface area contributed by atoms with Gasteiger partial charge in [0.15, 0.2) is 5.16 Å². The molecule has 0 unspecified atom stereocenters. The maximum atomic E-state index is 13.4. The molecule has 0 saturated heterocycles. The lowest BCUT2D eigenvalue weighted by Crippen LogP contribution is -2.21. The fourth-order valence-corrected chi connectivity index (χ4v) is 4.32. The highest BCUT2D eigenvalue weighted by Gasteiger charge is 2.14. The largest absolute Gasteiger partial charge is 0.305 e. The molecule has 5 aromatic rings. The van der Waals surface area contributed by atoms with Gasteiger partial charge in [0.05, 0.1) is 27.3 Å². The van der Waals surface area contributed by atoms with Crippen molar-refractivity contribution in [2.24, 2.45) is 0 Å². The molecule has 0 aliphatic rings. The molecule has 3 heterocycles. The molecule has 0 atom stereocenters. The van der Waals surface area contributed by atoms with Gasteiger partial charge in [0.25, 0.3) is 5.56 Å². The standard InChI is InChI=1S/C22H14ClFN4OS/c23-14-5-10-20-25-16(12-27(20)11-14)13-30-22-26-19-4-2-1-3-18(19)21(29)28(22)17-8-6-15(24)7-9-17/h1-12H,13H2. The minimum absolute atomic E-state index is 0.198. The van der Waals surface area contributed by atoms with E-state index in [2.05, 4.69) is 4.98 Å². The van der Waals surface area contributed by atoms with Crippen LogP contribution in [-0.4, -0.2) is 18.9 Å². The van der Waals surface area contributed by atoms with E-state index in [1.807, 2.05) is 28.8 Å². The van der Waals surface area contributed by atoms with Gasteiger partial charge in [-0.05, 0) is 48.5 Å². The molecule has 5 nitrogen and oxygen atoms in total. The molecule has 148 valence electrons. The van der Waals surface area contributed by atoms with Crippen LogP contribution in [-0.2, 0) is 5.75 Å². The van der Waals surface area contributed by atoms with Crippen LogP contribution in [0, 0.1) is 5.82 Å². The van der Waals surface area contributed by atoms with Crippen molar-refractivity contribution in [3.05, 3.63) is 99.9 Å². The molecule has 0 saturated carbocycles. The Kier molecular flexibility index (Phi) is 4.77. The van der Waals surface area contributed by atoms with E-state index in [4.69, 9.17) is 16.6 Å². The number of pyridine rings is 1. The van der Waals surface area contributed by atoms with Crippen LogP contribution in [0.15, 0.2) is 83.0 Å². The van der Waals surface area contributed by atoms with E-state index >= 15 is 0 Å². The quantitative estimate of drug-likeness (QED) is 0.290. The second kappa shape index (κ2) is 7.59. The summed E-state index contributed by atoms with van der Waals surface area (Å²) in [5, 5.41) is 1.65. The van der Waals surface area contributed by atoms with Crippen molar-refractivity contribution >= 4 is 39.9 Å². The average Bonchev–Trinajstić information content (AvgIpc) is 3.15. The lowest BCUT2D eigenvalue weighted by Gasteiger charge is -2.12. The molecule has 5 rings (SSSR count). The first-order chi connectivity index (χ1) is 14.6. The van der Waals surface area contributed by atoms with Crippen molar-refractivity contribution in [1.29, 1.82) is 0 Å². The molecule has 0 N–H and O–H groups in total. The molecule has 0 amide bonds. The Morgan fingerprint density at radius 3 is 2.60 bits per heavy atom. The van der Waals surface area contributed by atoms with E-state index in [9.17, 15) is 9.18 Å². The van der Waals surface area contributed by atoms with Gasteiger partial charge < -0.3 is 4.40 Å². The monoisotopic (exact) mass is 436 g/mol. The Hall–Kier alpha value is -3.16. The Morgan fingerprint density at radius 2 is 1.77 bits per heavy atom. The van der Waals surface area contributed by atoms with E-state index in [1.54, 1.807) is 36.5 Å². The van der Waals surface area contributed by atoms with Crippen LogP contribution in [0.25, 0.3) is 22.2 Å². The van der Waals surface area contributed by atoms with Gasteiger partial charge in [0.1, 0.15) is 11.5 Å². The highest BCUT2D eigenvalue weighted by molar-refractivity contribution is 7.98. The number of benzene rings is 2. The first kappa shape index (κ1) is 18.8. The summed E-state index contributed by atoms with van der Waals surface area (Å²) in [4.78, 5) is 22.5.